The molecule has 2 aromatic rings. The van der Waals surface area contributed by atoms with Gasteiger partial charge in [0, 0.05) is 5.56 Å². The number of rotatable bonds is 4. The average Bonchev–Trinajstić information content (AvgIpc) is 2.55. The first-order chi connectivity index (χ1) is 10.5. The lowest BCUT2D eigenvalue weighted by Crippen LogP contribution is -2.08. The molecular weight excluding hydrogens is 308 g/mol. The molecule has 0 unspecified atom stereocenters. The second-order valence-corrected chi connectivity index (χ2v) is 4.70. The second-order valence-electron chi connectivity index (χ2n) is 4.32. The molecule has 116 valence electrons. The van der Waals surface area contributed by atoms with Gasteiger partial charge in [0.2, 0.25) is 0 Å². The Morgan fingerprint density at radius 1 is 1.14 bits per heavy atom. The summed E-state index contributed by atoms with van der Waals surface area (Å²) >= 11 is 6.00. The van der Waals surface area contributed by atoms with Gasteiger partial charge in [0.15, 0.2) is 17.2 Å². The Balaban J connectivity index is 2.58. The molecule has 0 aliphatic carbocycles. The maximum absolute atomic E-state index is 11.7. The third kappa shape index (κ3) is 2.92. The summed E-state index contributed by atoms with van der Waals surface area (Å²) in [6.07, 6.45) is 0. The number of benzene rings is 1. The van der Waals surface area contributed by atoms with Crippen LogP contribution in [0.25, 0.3) is 11.3 Å². The summed E-state index contributed by atoms with van der Waals surface area (Å²) in [5.41, 5.74) is 7.22. The number of nitrogen functional groups attached to an aromatic ring is 1. The molecule has 2 rings (SSSR count). The molecule has 0 saturated carbocycles. The van der Waals surface area contributed by atoms with E-state index in [1.807, 2.05) is 0 Å². The van der Waals surface area contributed by atoms with Gasteiger partial charge in [-0.15, -0.1) is 0 Å². The fourth-order valence-corrected chi connectivity index (χ4v) is 2.10. The van der Waals surface area contributed by atoms with Gasteiger partial charge in [-0.05, 0) is 24.3 Å². The third-order valence-electron chi connectivity index (χ3n) is 3.04. The summed E-state index contributed by atoms with van der Waals surface area (Å²) in [6.45, 7) is 0. The fraction of sp³-hybridized carbons (Fsp3) is 0.200. The monoisotopic (exact) mass is 322 g/mol. The van der Waals surface area contributed by atoms with Crippen LogP contribution in [0.1, 0.15) is 10.5 Å². The first kappa shape index (κ1) is 15.9. The lowest BCUT2D eigenvalue weighted by molar-refractivity contribution is 0.0594. The van der Waals surface area contributed by atoms with Gasteiger partial charge < -0.3 is 19.9 Å². The molecule has 7 heteroatoms. The quantitative estimate of drug-likeness (QED) is 0.871. The number of hydrogen-bond acceptors (Lipinski definition) is 6. The SMILES string of the molecule is COC(=O)c1nc(-c2ccc(OC)c(OC)c2)cc(N)c1Cl. The van der Waals surface area contributed by atoms with E-state index in [9.17, 15) is 4.79 Å². The highest BCUT2D eigenvalue weighted by Crippen LogP contribution is 2.34. The van der Waals surface area contributed by atoms with Crippen molar-refractivity contribution in [2.45, 2.75) is 0 Å². The van der Waals surface area contributed by atoms with Crippen LogP contribution in [0, 0.1) is 0 Å². The Labute approximate surface area is 132 Å². The van der Waals surface area contributed by atoms with Gasteiger partial charge in [0.05, 0.1) is 37.7 Å². The van der Waals surface area contributed by atoms with Crippen molar-refractivity contribution in [1.82, 2.24) is 4.98 Å². The van der Waals surface area contributed by atoms with E-state index in [1.165, 1.54) is 14.2 Å². The van der Waals surface area contributed by atoms with Crippen molar-refractivity contribution in [3.8, 4) is 22.8 Å². The Morgan fingerprint density at radius 3 is 2.41 bits per heavy atom. The van der Waals surface area contributed by atoms with Crippen LogP contribution < -0.4 is 15.2 Å². The molecule has 0 spiro atoms. The lowest BCUT2D eigenvalue weighted by atomic mass is 10.1. The summed E-state index contributed by atoms with van der Waals surface area (Å²) in [6, 6.07) is 6.82. The molecule has 0 bridgehead atoms. The minimum Gasteiger partial charge on any atom is -0.493 e. The molecule has 0 fully saturated rings. The molecule has 0 aliphatic rings. The van der Waals surface area contributed by atoms with Crippen molar-refractivity contribution >= 4 is 23.3 Å². The fourth-order valence-electron chi connectivity index (χ4n) is 1.92. The van der Waals surface area contributed by atoms with Crippen LogP contribution in [0.3, 0.4) is 0 Å². The van der Waals surface area contributed by atoms with Crippen LogP contribution in [0.2, 0.25) is 5.02 Å². The van der Waals surface area contributed by atoms with E-state index >= 15 is 0 Å². The largest absolute Gasteiger partial charge is 0.493 e. The predicted octanol–water partition coefficient (Wildman–Crippen LogP) is 2.79. The third-order valence-corrected chi connectivity index (χ3v) is 3.44. The van der Waals surface area contributed by atoms with Gasteiger partial charge in [-0.3, -0.25) is 0 Å². The highest BCUT2D eigenvalue weighted by atomic mass is 35.5. The maximum Gasteiger partial charge on any atom is 0.358 e. The van der Waals surface area contributed by atoms with Gasteiger partial charge in [-0.2, -0.15) is 0 Å². The number of esters is 1. The second kappa shape index (κ2) is 6.53. The van der Waals surface area contributed by atoms with E-state index in [1.54, 1.807) is 31.4 Å². The van der Waals surface area contributed by atoms with E-state index < -0.39 is 5.97 Å². The number of halogens is 1. The minimum absolute atomic E-state index is 0.0334. The molecule has 0 radical (unpaired) electrons. The molecule has 0 aliphatic heterocycles. The number of nitrogens with zero attached hydrogens (tertiary/aromatic N) is 1. The number of carbonyl (C=O) groups excluding carboxylic acids is 1. The number of aromatic nitrogens is 1. The zero-order valence-corrected chi connectivity index (χ0v) is 13.1. The van der Waals surface area contributed by atoms with Crippen LogP contribution in [0.5, 0.6) is 11.5 Å². The first-order valence-corrected chi connectivity index (χ1v) is 6.66. The highest BCUT2D eigenvalue weighted by Gasteiger charge is 2.18. The van der Waals surface area contributed by atoms with E-state index in [0.29, 0.717) is 22.8 Å². The van der Waals surface area contributed by atoms with Gasteiger partial charge in [-0.25, -0.2) is 9.78 Å². The van der Waals surface area contributed by atoms with Gasteiger partial charge in [0.25, 0.3) is 0 Å². The van der Waals surface area contributed by atoms with Crippen molar-refractivity contribution in [3.05, 3.63) is 35.0 Å². The summed E-state index contributed by atoms with van der Waals surface area (Å²) in [5, 5.41) is 0.0658. The normalized spacial score (nSPS) is 10.2. The van der Waals surface area contributed by atoms with E-state index in [4.69, 9.17) is 26.8 Å². The number of methoxy groups -OCH3 is 3. The van der Waals surface area contributed by atoms with Crippen LogP contribution in [-0.4, -0.2) is 32.3 Å². The van der Waals surface area contributed by atoms with Gasteiger partial charge >= 0.3 is 5.97 Å². The molecule has 1 aromatic heterocycles. The standard InChI is InChI=1S/C15H15ClN2O4/c1-20-11-5-4-8(6-12(11)21-2)10-7-9(17)13(16)14(18-10)15(19)22-3/h4-7H,1-3H3,(H2,17,18). The Hall–Kier alpha value is -2.47. The molecular formula is C15H15ClN2O4. The molecule has 0 atom stereocenters. The summed E-state index contributed by atoms with van der Waals surface area (Å²) < 4.78 is 15.1. The van der Waals surface area contributed by atoms with Crippen LogP contribution in [0.15, 0.2) is 24.3 Å². The number of pyridine rings is 1. The van der Waals surface area contributed by atoms with Gasteiger partial charge in [0.1, 0.15) is 0 Å². The van der Waals surface area contributed by atoms with Gasteiger partial charge in [-0.1, -0.05) is 11.6 Å². The Morgan fingerprint density at radius 2 is 1.82 bits per heavy atom. The molecule has 22 heavy (non-hydrogen) atoms. The van der Waals surface area contributed by atoms with E-state index in [0.717, 1.165) is 0 Å². The molecule has 0 saturated heterocycles. The number of carbonyl (C=O) groups is 1. The zero-order chi connectivity index (χ0) is 16.3. The number of anilines is 1. The van der Waals surface area contributed by atoms with Crippen LogP contribution in [0.4, 0.5) is 5.69 Å². The number of nitrogens with two attached hydrogens (primary N) is 1. The minimum atomic E-state index is -0.654. The summed E-state index contributed by atoms with van der Waals surface area (Å²) in [4.78, 5) is 15.9. The number of ether oxygens (including phenoxy) is 3. The zero-order valence-electron chi connectivity index (χ0n) is 12.3. The first-order valence-electron chi connectivity index (χ1n) is 6.28. The summed E-state index contributed by atoms with van der Waals surface area (Å²) in [5.74, 6) is 0.468. The van der Waals surface area contributed by atoms with Crippen molar-refractivity contribution < 1.29 is 19.0 Å². The molecule has 6 nitrogen and oxygen atoms in total. The van der Waals surface area contributed by atoms with E-state index in [2.05, 4.69) is 9.72 Å². The van der Waals surface area contributed by atoms with E-state index in [-0.39, 0.29) is 16.4 Å². The highest BCUT2D eigenvalue weighted by molar-refractivity contribution is 6.35. The van der Waals surface area contributed by atoms with Crippen LogP contribution >= 0.6 is 11.6 Å². The van der Waals surface area contributed by atoms with Crippen molar-refractivity contribution in [3.63, 3.8) is 0 Å². The van der Waals surface area contributed by atoms with Crippen molar-refractivity contribution in [2.24, 2.45) is 0 Å². The average molecular weight is 323 g/mol. The topological polar surface area (TPSA) is 83.7 Å². The number of hydrogen-bond donors (Lipinski definition) is 1. The smallest absolute Gasteiger partial charge is 0.358 e. The summed E-state index contributed by atoms with van der Waals surface area (Å²) in [7, 11) is 4.33. The Kier molecular flexibility index (Phi) is 4.72. The molecule has 2 N–H and O–H groups in total. The van der Waals surface area contributed by atoms with Crippen molar-refractivity contribution in [1.29, 1.82) is 0 Å². The molecule has 0 amide bonds. The Bertz CT molecular complexity index is 719. The molecule has 1 heterocycles. The molecule has 1 aromatic carbocycles. The van der Waals surface area contributed by atoms with Crippen LogP contribution in [-0.2, 0) is 4.74 Å². The predicted molar refractivity (Wildman–Crippen MR) is 83.5 cm³/mol. The lowest BCUT2D eigenvalue weighted by Gasteiger charge is -2.11. The van der Waals surface area contributed by atoms with Crippen molar-refractivity contribution in [2.75, 3.05) is 27.1 Å². The maximum atomic E-state index is 11.7.